The first-order chi connectivity index (χ1) is 8.58. The van der Waals surface area contributed by atoms with Crippen LogP contribution in [0.15, 0.2) is 22.8 Å². The number of carbonyl (C=O) groups excluding carboxylic acids is 1. The van der Waals surface area contributed by atoms with E-state index in [1.54, 1.807) is 18.4 Å². The zero-order valence-electron chi connectivity index (χ0n) is 10.1. The molecule has 3 N–H and O–H groups in total. The lowest BCUT2D eigenvalue weighted by Crippen LogP contribution is -2.22. The highest BCUT2D eigenvalue weighted by molar-refractivity contribution is 7.18. The highest BCUT2D eigenvalue weighted by Crippen LogP contribution is 2.26. The fraction of sp³-hybridized carbons (Fsp3) is 0.273. The predicted molar refractivity (Wildman–Crippen MR) is 70.7 cm³/mol. The van der Waals surface area contributed by atoms with Gasteiger partial charge in [-0.3, -0.25) is 4.79 Å². The Morgan fingerprint density at radius 3 is 2.94 bits per heavy atom. The zero-order valence-corrected chi connectivity index (χ0v) is 11.0. The van der Waals surface area contributed by atoms with Gasteiger partial charge in [0.1, 0.15) is 16.5 Å². The predicted octanol–water partition coefficient (Wildman–Crippen LogP) is 1.31. The van der Waals surface area contributed by atoms with Crippen LogP contribution in [-0.4, -0.2) is 25.0 Å². The van der Waals surface area contributed by atoms with Crippen LogP contribution >= 0.6 is 11.3 Å². The Kier molecular flexibility index (Phi) is 3.52. The molecule has 0 aliphatic carbocycles. The molecule has 7 heteroatoms. The van der Waals surface area contributed by atoms with E-state index in [9.17, 15) is 4.79 Å². The molecule has 2 rings (SSSR count). The van der Waals surface area contributed by atoms with Gasteiger partial charge in [0.15, 0.2) is 5.13 Å². The molecule has 0 spiro atoms. The molecule has 2 heterocycles. The third-order valence-corrected chi connectivity index (χ3v) is 3.47. The van der Waals surface area contributed by atoms with Crippen LogP contribution in [0, 0.1) is 0 Å². The smallest absolute Gasteiger partial charge is 0.265 e. The van der Waals surface area contributed by atoms with Crippen molar-refractivity contribution in [2.45, 2.75) is 6.54 Å². The monoisotopic (exact) mass is 266 g/mol. The summed E-state index contributed by atoms with van der Waals surface area (Å²) in [7, 11) is 3.70. The molecule has 18 heavy (non-hydrogen) atoms. The number of nitrogens with two attached hydrogens (primary N) is 1. The second-order valence-electron chi connectivity index (χ2n) is 3.87. The fourth-order valence-corrected chi connectivity index (χ4v) is 2.16. The Hall–Kier alpha value is -2.02. The van der Waals surface area contributed by atoms with Crippen molar-refractivity contribution in [2.75, 3.05) is 24.7 Å². The number of aromatic nitrogens is 1. The van der Waals surface area contributed by atoms with Crippen molar-refractivity contribution in [1.82, 2.24) is 10.3 Å². The summed E-state index contributed by atoms with van der Waals surface area (Å²) in [5.74, 6) is 0.703. The Labute approximate surface area is 108 Å². The topological polar surface area (TPSA) is 84.4 Å². The molecule has 0 saturated heterocycles. The third kappa shape index (κ3) is 2.62. The molecule has 0 aliphatic heterocycles. The normalized spacial score (nSPS) is 10.3. The molecule has 0 bridgehead atoms. The molecular formula is C11H14N4O2S. The Bertz CT molecular complexity index is 533. The number of carbonyl (C=O) groups is 1. The molecule has 2 aromatic rings. The first kappa shape index (κ1) is 12.4. The average Bonchev–Trinajstić information content (AvgIpc) is 2.94. The summed E-state index contributed by atoms with van der Waals surface area (Å²) >= 11 is 1.26. The van der Waals surface area contributed by atoms with E-state index in [0.29, 0.717) is 22.3 Å². The summed E-state index contributed by atoms with van der Waals surface area (Å²) in [6, 6.07) is 3.56. The van der Waals surface area contributed by atoms with Crippen molar-refractivity contribution in [3.05, 3.63) is 29.0 Å². The lowest BCUT2D eigenvalue weighted by atomic mass is 10.4. The van der Waals surface area contributed by atoms with Gasteiger partial charge >= 0.3 is 0 Å². The molecule has 0 saturated carbocycles. The van der Waals surface area contributed by atoms with E-state index >= 15 is 0 Å². The third-order valence-electron chi connectivity index (χ3n) is 2.23. The van der Waals surface area contributed by atoms with E-state index in [1.807, 2.05) is 19.0 Å². The number of rotatable bonds is 4. The summed E-state index contributed by atoms with van der Waals surface area (Å²) in [6.45, 7) is 0.334. The summed E-state index contributed by atoms with van der Waals surface area (Å²) < 4.78 is 5.13. The number of hydrogen-bond donors (Lipinski definition) is 2. The molecule has 0 radical (unpaired) electrons. The maximum absolute atomic E-state index is 11.9. The minimum Gasteiger partial charge on any atom is -0.467 e. The van der Waals surface area contributed by atoms with Gasteiger partial charge < -0.3 is 20.4 Å². The maximum Gasteiger partial charge on any atom is 0.265 e. The zero-order chi connectivity index (χ0) is 13.1. The van der Waals surface area contributed by atoms with Crippen molar-refractivity contribution in [1.29, 1.82) is 0 Å². The highest BCUT2D eigenvalue weighted by Gasteiger charge is 2.16. The van der Waals surface area contributed by atoms with Crippen LogP contribution in [0.25, 0.3) is 0 Å². The number of anilines is 2. The lowest BCUT2D eigenvalue weighted by Gasteiger charge is -2.05. The van der Waals surface area contributed by atoms with Crippen LogP contribution in [0.2, 0.25) is 0 Å². The van der Waals surface area contributed by atoms with E-state index in [1.165, 1.54) is 11.3 Å². The van der Waals surface area contributed by atoms with Crippen LogP contribution in [0.4, 0.5) is 10.9 Å². The van der Waals surface area contributed by atoms with Gasteiger partial charge in [0, 0.05) is 14.1 Å². The molecule has 0 atom stereocenters. The van der Waals surface area contributed by atoms with Gasteiger partial charge in [-0.2, -0.15) is 0 Å². The quantitative estimate of drug-likeness (QED) is 0.871. The summed E-state index contributed by atoms with van der Waals surface area (Å²) in [4.78, 5) is 18.3. The fourth-order valence-electron chi connectivity index (χ4n) is 1.34. The Balaban J connectivity index is 2.04. The van der Waals surface area contributed by atoms with Crippen molar-refractivity contribution < 1.29 is 9.21 Å². The number of thiazole rings is 1. The van der Waals surface area contributed by atoms with Crippen molar-refractivity contribution in [3.8, 4) is 0 Å². The summed E-state index contributed by atoms with van der Waals surface area (Å²) in [6.07, 6.45) is 1.56. The van der Waals surface area contributed by atoms with Gasteiger partial charge in [0.05, 0.1) is 12.8 Å². The number of nitrogen functional groups attached to an aromatic ring is 1. The molecule has 0 aromatic carbocycles. The summed E-state index contributed by atoms with van der Waals surface area (Å²) in [5, 5.41) is 3.44. The van der Waals surface area contributed by atoms with E-state index in [2.05, 4.69) is 10.3 Å². The van der Waals surface area contributed by atoms with E-state index in [4.69, 9.17) is 10.2 Å². The number of amides is 1. The second kappa shape index (κ2) is 5.09. The first-order valence-corrected chi connectivity index (χ1v) is 6.14. The molecule has 0 unspecified atom stereocenters. The number of furan rings is 1. The van der Waals surface area contributed by atoms with Crippen molar-refractivity contribution in [2.24, 2.45) is 0 Å². The van der Waals surface area contributed by atoms with Crippen LogP contribution in [0.5, 0.6) is 0 Å². The van der Waals surface area contributed by atoms with E-state index in [-0.39, 0.29) is 11.7 Å². The van der Waals surface area contributed by atoms with Crippen LogP contribution in [0.3, 0.4) is 0 Å². The van der Waals surface area contributed by atoms with Crippen LogP contribution < -0.4 is 16.0 Å². The van der Waals surface area contributed by atoms with Crippen LogP contribution in [0.1, 0.15) is 15.4 Å². The van der Waals surface area contributed by atoms with E-state index in [0.717, 1.165) is 0 Å². The minimum atomic E-state index is -0.241. The molecule has 0 fully saturated rings. The van der Waals surface area contributed by atoms with Gasteiger partial charge in [0.2, 0.25) is 0 Å². The molecular weight excluding hydrogens is 252 g/mol. The van der Waals surface area contributed by atoms with Gasteiger partial charge in [-0.1, -0.05) is 11.3 Å². The van der Waals surface area contributed by atoms with E-state index < -0.39 is 0 Å². The van der Waals surface area contributed by atoms with Crippen molar-refractivity contribution >= 4 is 28.2 Å². The molecule has 6 nitrogen and oxygen atoms in total. The van der Waals surface area contributed by atoms with Gasteiger partial charge in [-0.25, -0.2) is 4.98 Å². The SMILES string of the molecule is CN(C)c1nc(N)c(C(=O)NCc2ccco2)s1. The van der Waals surface area contributed by atoms with Gasteiger partial charge in [-0.05, 0) is 12.1 Å². The largest absolute Gasteiger partial charge is 0.467 e. The highest BCUT2D eigenvalue weighted by atomic mass is 32.1. The number of nitrogens with one attached hydrogen (secondary N) is 1. The summed E-state index contributed by atoms with van der Waals surface area (Å²) in [5.41, 5.74) is 5.72. The Morgan fingerprint density at radius 1 is 1.61 bits per heavy atom. The van der Waals surface area contributed by atoms with Crippen LogP contribution in [-0.2, 0) is 6.54 Å². The first-order valence-electron chi connectivity index (χ1n) is 5.32. The lowest BCUT2D eigenvalue weighted by molar-refractivity contribution is 0.0953. The van der Waals surface area contributed by atoms with Crippen molar-refractivity contribution in [3.63, 3.8) is 0 Å². The molecule has 1 amide bonds. The molecule has 96 valence electrons. The minimum absolute atomic E-state index is 0.241. The number of hydrogen-bond acceptors (Lipinski definition) is 6. The number of nitrogens with zero attached hydrogens (tertiary/aromatic N) is 2. The Morgan fingerprint density at radius 2 is 2.39 bits per heavy atom. The molecule has 2 aromatic heterocycles. The second-order valence-corrected chi connectivity index (χ2v) is 4.84. The van der Waals surface area contributed by atoms with Gasteiger partial charge in [-0.15, -0.1) is 0 Å². The van der Waals surface area contributed by atoms with Gasteiger partial charge in [0.25, 0.3) is 5.91 Å². The maximum atomic E-state index is 11.9. The average molecular weight is 266 g/mol. The standard InChI is InChI=1S/C11H14N4O2S/c1-15(2)11-14-9(12)8(18-11)10(16)13-6-7-4-3-5-17-7/h3-5H,6,12H2,1-2H3,(H,13,16). The molecule has 0 aliphatic rings.